The second-order valence-electron chi connectivity index (χ2n) is 6.98. The van der Waals surface area contributed by atoms with Gasteiger partial charge in [0.1, 0.15) is 0 Å². The van der Waals surface area contributed by atoms with Crippen LogP contribution < -0.4 is 4.57 Å². The molecule has 1 heterocycles. The van der Waals surface area contributed by atoms with E-state index in [1.165, 1.54) is 50.5 Å². The Kier molecular flexibility index (Phi) is 4.28. The summed E-state index contributed by atoms with van der Waals surface area (Å²) in [5.41, 5.74) is 11.7. The van der Waals surface area contributed by atoms with Crippen molar-refractivity contribution in [1.82, 2.24) is 0 Å². The van der Waals surface area contributed by atoms with Crippen LogP contribution in [-0.4, -0.2) is 0 Å². The first-order chi connectivity index (χ1) is 11.4. The SMILES string of the molecule is Cc1ccc(-c2cc(C)[n+](-c3c(C)cc(C)cc3C)c(C)c2)cc1. The van der Waals surface area contributed by atoms with Gasteiger partial charge in [-0.15, -0.1) is 0 Å². The Morgan fingerprint density at radius 2 is 1.04 bits per heavy atom. The van der Waals surface area contributed by atoms with Crippen LogP contribution in [0.15, 0.2) is 48.5 Å². The second-order valence-corrected chi connectivity index (χ2v) is 6.98. The van der Waals surface area contributed by atoms with Gasteiger partial charge in [0.25, 0.3) is 0 Å². The highest BCUT2D eigenvalue weighted by molar-refractivity contribution is 5.64. The maximum absolute atomic E-state index is 2.38. The molecule has 24 heavy (non-hydrogen) atoms. The third kappa shape index (κ3) is 2.99. The summed E-state index contributed by atoms with van der Waals surface area (Å²) in [6.45, 7) is 13.1. The zero-order valence-corrected chi connectivity index (χ0v) is 15.6. The number of hydrogen-bond donors (Lipinski definition) is 0. The van der Waals surface area contributed by atoms with Gasteiger partial charge in [0.05, 0.1) is 0 Å². The van der Waals surface area contributed by atoms with E-state index in [0.29, 0.717) is 0 Å². The van der Waals surface area contributed by atoms with Gasteiger partial charge in [-0.25, -0.2) is 0 Å². The number of benzene rings is 2. The minimum absolute atomic E-state index is 1.26. The Labute approximate surface area is 145 Å². The van der Waals surface area contributed by atoms with Gasteiger partial charge in [-0.1, -0.05) is 35.4 Å². The molecule has 0 N–H and O–H groups in total. The molecule has 0 bridgehead atoms. The normalized spacial score (nSPS) is 10.9. The highest BCUT2D eigenvalue weighted by atomic mass is 15.0. The lowest BCUT2D eigenvalue weighted by Gasteiger charge is -2.12. The molecule has 2 aromatic carbocycles. The lowest BCUT2D eigenvalue weighted by molar-refractivity contribution is -0.610. The summed E-state index contributed by atoms with van der Waals surface area (Å²) in [5.74, 6) is 0. The summed E-state index contributed by atoms with van der Waals surface area (Å²) in [4.78, 5) is 0. The minimum atomic E-state index is 1.26. The van der Waals surface area contributed by atoms with Crippen molar-refractivity contribution in [1.29, 1.82) is 0 Å². The number of aromatic nitrogens is 1. The van der Waals surface area contributed by atoms with Crippen molar-refractivity contribution in [3.63, 3.8) is 0 Å². The van der Waals surface area contributed by atoms with Crippen LogP contribution in [0.5, 0.6) is 0 Å². The topological polar surface area (TPSA) is 3.88 Å². The smallest absolute Gasteiger partial charge is 0.162 e. The largest absolute Gasteiger partial charge is 0.216 e. The van der Waals surface area contributed by atoms with Crippen LogP contribution >= 0.6 is 0 Å². The van der Waals surface area contributed by atoms with Crippen molar-refractivity contribution >= 4 is 0 Å². The van der Waals surface area contributed by atoms with E-state index < -0.39 is 0 Å². The average molecular weight is 316 g/mol. The summed E-state index contributed by atoms with van der Waals surface area (Å²) < 4.78 is 2.38. The molecule has 0 spiro atoms. The molecule has 0 unspecified atom stereocenters. The Morgan fingerprint density at radius 3 is 1.54 bits per heavy atom. The molecule has 122 valence electrons. The van der Waals surface area contributed by atoms with Crippen LogP contribution in [0.4, 0.5) is 0 Å². The van der Waals surface area contributed by atoms with Crippen LogP contribution in [0.2, 0.25) is 0 Å². The molecular formula is C23H26N+. The average Bonchev–Trinajstić information content (AvgIpc) is 2.49. The molecular weight excluding hydrogens is 290 g/mol. The first-order valence-electron chi connectivity index (χ1n) is 8.55. The van der Waals surface area contributed by atoms with Gasteiger partial charge in [0.15, 0.2) is 11.4 Å². The molecule has 0 atom stereocenters. The summed E-state index contributed by atoms with van der Waals surface area (Å²) in [6.07, 6.45) is 0. The predicted molar refractivity (Wildman–Crippen MR) is 102 cm³/mol. The first-order valence-corrected chi connectivity index (χ1v) is 8.55. The summed E-state index contributed by atoms with van der Waals surface area (Å²) >= 11 is 0. The zero-order valence-electron chi connectivity index (χ0n) is 15.6. The highest BCUT2D eigenvalue weighted by Gasteiger charge is 2.21. The Morgan fingerprint density at radius 1 is 0.542 bits per heavy atom. The van der Waals surface area contributed by atoms with Crippen molar-refractivity contribution in [3.8, 4) is 16.8 Å². The van der Waals surface area contributed by atoms with Crippen molar-refractivity contribution < 1.29 is 4.57 Å². The minimum Gasteiger partial charge on any atom is -0.162 e. The third-order valence-corrected chi connectivity index (χ3v) is 4.68. The molecule has 0 saturated heterocycles. The lowest BCUT2D eigenvalue weighted by Crippen LogP contribution is -2.39. The number of rotatable bonds is 2. The Bertz CT molecular complexity index is 856. The molecule has 0 aliphatic rings. The fourth-order valence-electron chi connectivity index (χ4n) is 3.69. The molecule has 1 heteroatoms. The van der Waals surface area contributed by atoms with Gasteiger partial charge in [-0.2, -0.15) is 4.57 Å². The molecule has 0 radical (unpaired) electrons. The first kappa shape index (κ1) is 16.4. The number of hydrogen-bond acceptors (Lipinski definition) is 0. The molecule has 1 nitrogen and oxygen atoms in total. The summed E-state index contributed by atoms with van der Waals surface area (Å²) in [6, 6.07) is 17.9. The van der Waals surface area contributed by atoms with Crippen LogP contribution in [0.25, 0.3) is 16.8 Å². The van der Waals surface area contributed by atoms with E-state index in [4.69, 9.17) is 0 Å². The summed E-state index contributed by atoms with van der Waals surface area (Å²) in [5, 5.41) is 0. The van der Waals surface area contributed by atoms with Crippen molar-refractivity contribution in [2.24, 2.45) is 0 Å². The van der Waals surface area contributed by atoms with E-state index >= 15 is 0 Å². The maximum atomic E-state index is 2.38. The van der Waals surface area contributed by atoms with Gasteiger partial charge in [0.2, 0.25) is 5.69 Å². The van der Waals surface area contributed by atoms with Gasteiger partial charge < -0.3 is 0 Å². The van der Waals surface area contributed by atoms with Crippen LogP contribution in [0, 0.1) is 41.5 Å². The second kappa shape index (κ2) is 6.24. The lowest BCUT2D eigenvalue weighted by atomic mass is 10.0. The molecule has 0 aliphatic heterocycles. The molecule has 3 rings (SSSR count). The quantitative estimate of drug-likeness (QED) is 0.551. The van der Waals surface area contributed by atoms with Gasteiger partial charge in [-0.3, -0.25) is 0 Å². The molecule has 0 aliphatic carbocycles. The highest BCUT2D eigenvalue weighted by Crippen LogP contribution is 2.23. The van der Waals surface area contributed by atoms with Crippen molar-refractivity contribution in [3.05, 3.63) is 82.2 Å². The molecule has 3 aromatic rings. The Hall–Kier alpha value is -2.41. The van der Waals surface area contributed by atoms with Gasteiger partial charge in [0, 0.05) is 37.1 Å². The van der Waals surface area contributed by atoms with Crippen LogP contribution in [-0.2, 0) is 0 Å². The zero-order chi connectivity index (χ0) is 17.4. The van der Waals surface area contributed by atoms with Gasteiger partial charge in [-0.05, 0) is 51.0 Å². The number of pyridine rings is 1. The monoisotopic (exact) mass is 316 g/mol. The van der Waals surface area contributed by atoms with E-state index in [1.54, 1.807) is 0 Å². The predicted octanol–water partition coefficient (Wildman–Crippen LogP) is 5.48. The van der Waals surface area contributed by atoms with E-state index in [9.17, 15) is 0 Å². The molecule has 1 aromatic heterocycles. The van der Waals surface area contributed by atoms with Gasteiger partial charge >= 0.3 is 0 Å². The fourth-order valence-corrected chi connectivity index (χ4v) is 3.69. The number of aryl methyl sites for hydroxylation is 6. The third-order valence-electron chi connectivity index (χ3n) is 4.68. The van der Waals surface area contributed by atoms with Crippen molar-refractivity contribution in [2.75, 3.05) is 0 Å². The molecule has 0 amide bonds. The molecule has 0 fully saturated rings. The number of nitrogens with zero attached hydrogens (tertiary/aromatic N) is 1. The fraction of sp³-hybridized carbons (Fsp3) is 0.261. The van der Waals surface area contributed by atoms with E-state index in [2.05, 4.69) is 94.6 Å². The summed E-state index contributed by atoms with van der Waals surface area (Å²) in [7, 11) is 0. The maximum Gasteiger partial charge on any atom is 0.216 e. The van der Waals surface area contributed by atoms with E-state index in [0.717, 1.165) is 0 Å². The standard InChI is InChI=1S/C23H26N/c1-15-7-9-21(10-8-15)22-13-19(5)24(20(6)14-22)23-17(3)11-16(2)12-18(23)4/h7-14H,1-6H3/q+1. The van der Waals surface area contributed by atoms with Crippen LogP contribution in [0.1, 0.15) is 33.6 Å². The van der Waals surface area contributed by atoms with Crippen LogP contribution in [0.3, 0.4) is 0 Å². The van der Waals surface area contributed by atoms with E-state index in [-0.39, 0.29) is 0 Å². The van der Waals surface area contributed by atoms with E-state index in [1.807, 2.05) is 0 Å². The molecule has 0 saturated carbocycles. The van der Waals surface area contributed by atoms with Crippen molar-refractivity contribution in [2.45, 2.75) is 41.5 Å². The Balaban J connectivity index is 2.17.